The summed E-state index contributed by atoms with van der Waals surface area (Å²) in [6, 6.07) is 0. The molecule has 2 aromatic heterocycles. The van der Waals surface area contributed by atoms with Crippen LogP contribution in [0.2, 0.25) is 0 Å². The van der Waals surface area contributed by atoms with Gasteiger partial charge >= 0.3 is 5.97 Å². The Kier molecular flexibility index (Phi) is 4.41. The lowest BCUT2D eigenvalue weighted by Gasteiger charge is -2.06. The molecule has 0 atom stereocenters. The molecule has 0 saturated carbocycles. The number of aryl methyl sites for hydroxylation is 1. The highest BCUT2D eigenvalue weighted by molar-refractivity contribution is 5.88. The summed E-state index contributed by atoms with van der Waals surface area (Å²) in [4.78, 5) is 15.8. The van der Waals surface area contributed by atoms with Crippen molar-refractivity contribution in [1.82, 2.24) is 29.8 Å². The average molecular weight is 280 g/mol. The van der Waals surface area contributed by atoms with E-state index in [4.69, 9.17) is 9.47 Å². The highest BCUT2D eigenvalue weighted by Crippen LogP contribution is 2.10. The quantitative estimate of drug-likeness (QED) is 0.654. The molecule has 2 rings (SSSR count). The third kappa shape index (κ3) is 2.82. The van der Waals surface area contributed by atoms with Gasteiger partial charge in [0.15, 0.2) is 5.69 Å². The fourth-order valence-corrected chi connectivity index (χ4v) is 1.76. The molecule has 0 bridgehead atoms. The number of aromatic nitrogens is 6. The molecule has 0 spiro atoms. The topological polar surface area (TPSA) is 97.0 Å². The van der Waals surface area contributed by atoms with Gasteiger partial charge < -0.3 is 9.47 Å². The Morgan fingerprint density at radius 2 is 2.20 bits per heavy atom. The lowest BCUT2D eigenvalue weighted by Crippen LogP contribution is -2.14. The molecule has 0 radical (unpaired) electrons. The second kappa shape index (κ2) is 6.24. The monoisotopic (exact) mass is 280 g/mol. The Balaban J connectivity index is 2.29. The summed E-state index contributed by atoms with van der Waals surface area (Å²) < 4.78 is 13.0. The van der Waals surface area contributed by atoms with E-state index in [1.54, 1.807) is 23.5 Å². The van der Waals surface area contributed by atoms with Gasteiger partial charge in [0.25, 0.3) is 0 Å². The van der Waals surface area contributed by atoms with E-state index in [9.17, 15) is 4.79 Å². The van der Waals surface area contributed by atoms with E-state index in [1.165, 1.54) is 13.4 Å². The lowest BCUT2D eigenvalue weighted by molar-refractivity contribution is 0.0592. The molecule has 20 heavy (non-hydrogen) atoms. The zero-order chi connectivity index (χ0) is 14.5. The van der Waals surface area contributed by atoms with Crippen molar-refractivity contribution in [3.8, 4) is 0 Å². The minimum absolute atomic E-state index is 0.201. The molecule has 0 unspecified atom stereocenters. The van der Waals surface area contributed by atoms with Crippen molar-refractivity contribution in [2.75, 3.05) is 20.8 Å². The largest absolute Gasteiger partial charge is 0.464 e. The van der Waals surface area contributed by atoms with Crippen molar-refractivity contribution in [1.29, 1.82) is 0 Å². The van der Waals surface area contributed by atoms with Crippen LogP contribution in [-0.4, -0.2) is 56.6 Å². The molecule has 2 heterocycles. The van der Waals surface area contributed by atoms with Gasteiger partial charge in [0, 0.05) is 20.6 Å². The van der Waals surface area contributed by atoms with Crippen molar-refractivity contribution < 1.29 is 14.3 Å². The highest BCUT2D eigenvalue weighted by Gasteiger charge is 2.20. The van der Waals surface area contributed by atoms with Crippen molar-refractivity contribution in [2.24, 2.45) is 7.05 Å². The molecule has 0 saturated heterocycles. The summed E-state index contributed by atoms with van der Waals surface area (Å²) in [5.74, 6) is 0.199. The van der Waals surface area contributed by atoms with Crippen molar-refractivity contribution in [3.63, 3.8) is 0 Å². The highest BCUT2D eigenvalue weighted by atomic mass is 16.5. The molecule has 9 heteroatoms. The van der Waals surface area contributed by atoms with Gasteiger partial charge in [0.2, 0.25) is 0 Å². The Hall–Kier alpha value is -2.29. The summed E-state index contributed by atoms with van der Waals surface area (Å²) in [5.41, 5.74) is 0.855. The van der Waals surface area contributed by atoms with Crippen LogP contribution in [0.3, 0.4) is 0 Å². The van der Waals surface area contributed by atoms with Gasteiger partial charge in [-0.15, -0.1) is 5.10 Å². The van der Waals surface area contributed by atoms with Gasteiger partial charge in [0.05, 0.1) is 19.4 Å². The summed E-state index contributed by atoms with van der Waals surface area (Å²) in [6.07, 6.45) is 1.97. The summed E-state index contributed by atoms with van der Waals surface area (Å²) in [6.45, 7) is 0.829. The zero-order valence-electron chi connectivity index (χ0n) is 11.6. The summed E-state index contributed by atoms with van der Waals surface area (Å²) in [5, 5.41) is 11.8. The number of carbonyl (C=O) groups is 1. The predicted molar refractivity (Wildman–Crippen MR) is 67.0 cm³/mol. The Labute approximate surface area is 115 Å². The Morgan fingerprint density at radius 3 is 2.80 bits per heavy atom. The molecule has 0 aliphatic rings. The van der Waals surface area contributed by atoms with Crippen LogP contribution in [0.15, 0.2) is 6.33 Å². The number of methoxy groups -OCH3 is 2. The van der Waals surface area contributed by atoms with Crippen LogP contribution in [-0.2, 0) is 29.5 Å². The van der Waals surface area contributed by atoms with Crippen molar-refractivity contribution in [3.05, 3.63) is 23.5 Å². The SMILES string of the molecule is COCCc1c(C(=O)OC)nnn1Cc1ncnn1C. The lowest BCUT2D eigenvalue weighted by atomic mass is 10.2. The first kappa shape index (κ1) is 14.1. The minimum atomic E-state index is -0.514. The molecular weight excluding hydrogens is 264 g/mol. The first-order chi connectivity index (χ1) is 9.67. The second-order valence-electron chi connectivity index (χ2n) is 4.08. The maximum Gasteiger partial charge on any atom is 0.360 e. The maximum atomic E-state index is 11.7. The van der Waals surface area contributed by atoms with Crippen LogP contribution < -0.4 is 0 Å². The molecular formula is C11H16N6O3. The molecule has 0 aromatic carbocycles. The normalized spacial score (nSPS) is 10.8. The Morgan fingerprint density at radius 1 is 1.40 bits per heavy atom. The number of hydrogen-bond acceptors (Lipinski definition) is 7. The van der Waals surface area contributed by atoms with E-state index in [0.29, 0.717) is 31.1 Å². The van der Waals surface area contributed by atoms with Gasteiger partial charge in [0.1, 0.15) is 18.7 Å². The fourth-order valence-electron chi connectivity index (χ4n) is 1.76. The van der Waals surface area contributed by atoms with E-state index in [0.717, 1.165) is 0 Å². The Bertz CT molecular complexity index is 591. The van der Waals surface area contributed by atoms with E-state index in [-0.39, 0.29) is 5.69 Å². The van der Waals surface area contributed by atoms with E-state index in [1.807, 2.05) is 0 Å². The second-order valence-corrected chi connectivity index (χ2v) is 4.08. The van der Waals surface area contributed by atoms with Gasteiger partial charge in [-0.25, -0.2) is 14.5 Å². The number of hydrogen-bond donors (Lipinski definition) is 0. The van der Waals surface area contributed by atoms with E-state index >= 15 is 0 Å². The van der Waals surface area contributed by atoms with E-state index < -0.39 is 5.97 Å². The third-order valence-electron chi connectivity index (χ3n) is 2.86. The molecule has 0 aliphatic heterocycles. The summed E-state index contributed by atoms with van der Waals surface area (Å²) >= 11 is 0. The van der Waals surface area contributed by atoms with Gasteiger partial charge in [-0.1, -0.05) is 5.21 Å². The fraction of sp³-hybridized carbons (Fsp3) is 0.545. The molecule has 108 valence electrons. The van der Waals surface area contributed by atoms with Crippen LogP contribution in [0.25, 0.3) is 0 Å². The van der Waals surface area contributed by atoms with Gasteiger partial charge in [-0.3, -0.25) is 4.68 Å². The number of esters is 1. The first-order valence-corrected chi connectivity index (χ1v) is 5.99. The number of carbonyl (C=O) groups excluding carboxylic acids is 1. The number of nitrogens with zero attached hydrogens (tertiary/aromatic N) is 6. The van der Waals surface area contributed by atoms with Crippen LogP contribution in [0.4, 0.5) is 0 Å². The van der Waals surface area contributed by atoms with Crippen LogP contribution in [0.5, 0.6) is 0 Å². The molecule has 0 amide bonds. The number of rotatable bonds is 6. The smallest absolute Gasteiger partial charge is 0.360 e. The minimum Gasteiger partial charge on any atom is -0.464 e. The average Bonchev–Trinajstić information content (AvgIpc) is 3.03. The maximum absolute atomic E-state index is 11.7. The van der Waals surface area contributed by atoms with Gasteiger partial charge in [-0.05, 0) is 0 Å². The predicted octanol–water partition coefficient (Wildman–Crippen LogP) is -0.570. The molecule has 0 fully saturated rings. The van der Waals surface area contributed by atoms with Crippen molar-refractivity contribution >= 4 is 5.97 Å². The van der Waals surface area contributed by atoms with Crippen molar-refractivity contribution in [2.45, 2.75) is 13.0 Å². The van der Waals surface area contributed by atoms with Gasteiger partial charge in [-0.2, -0.15) is 5.10 Å². The molecule has 2 aromatic rings. The van der Waals surface area contributed by atoms with Crippen LogP contribution in [0, 0.1) is 0 Å². The van der Waals surface area contributed by atoms with E-state index in [2.05, 4.69) is 20.4 Å². The molecule has 9 nitrogen and oxygen atoms in total. The van der Waals surface area contributed by atoms with Crippen LogP contribution >= 0.6 is 0 Å². The third-order valence-corrected chi connectivity index (χ3v) is 2.86. The molecule has 0 aliphatic carbocycles. The first-order valence-electron chi connectivity index (χ1n) is 5.99. The molecule has 0 N–H and O–H groups in total. The summed E-state index contributed by atoms with van der Waals surface area (Å²) in [7, 11) is 4.69. The zero-order valence-corrected chi connectivity index (χ0v) is 11.6. The number of ether oxygens (including phenoxy) is 2. The van der Waals surface area contributed by atoms with Crippen LogP contribution in [0.1, 0.15) is 22.0 Å². The standard InChI is InChI=1S/C11H16N6O3/c1-16-9(12-7-13-16)6-17-8(4-5-19-2)10(14-15-17)11(18)20-3/h7H,4-6H2,1-3H3.